The molecule has 0 amide bonds. The molecule has 1 N–H and O–H groups in total. The first-order valence-electron chi connectivity index (χ1n) is 4.78. The van der Waals surface area contributed by atoms with Gasteiger partial charge in [-0.2, -0.15) is 5.26 Å². The van der Waals surface area contributed by atoms with Crippen molar-refractivity contribution in [3.05, 3.63) is 11.6 Å². The molecule has 0 aromatic rings. The van der Waals surface area contributed by atoms with Crippen LogP contribution in [0.3, 0.4) is 0 Å². The van der Waals surface area contributed by atoms with Crippen molar-refractivity contribution < 1.29 is 9.90 Å². The molecule has 3 nitrogen and oxygen atoms in total. The van der Waals surface area contributed by atoms with Gasteiger partial charge in [0.15, 0.2) is 0 Å². The number of nitriles is 1. The zero-order valence-corrected chi connectivity index (χ0v) is 8.74. The molecule has 0 radical (unpaired) electrons. The molecular formula is C11H15NO2. The fourth-order valence-electron chi connectivity index (χ4n) is 1.91. The Bertz CT molecular complexity index is 323. The lowest BCUT2D eigenvalue weighted by Crippen LogP contribution is -2.03. The summed E-state index contributed by atoms with van der Waals surface area (Å²) in [4.78, 5) is 10.8. The minimum Gasteiger partial charge on any atom is -0.481 e. The Labute approximate surface area is 84.0 Å². The smallest absolute Gasteiger partial charge is 0.307 e. The molecule has 0 aromatic heterocycles. The molecule has 0 saturated heterocycles. The second kappa shape index (κ2) is 3.45. The van der Waals surface area contributed by atoms with Crippen LogP contribution in [-0.2, 0) is 4.79 Å². The van der Waals surface area contributed by atoms with Crippen molar-refractivity contribution in [1.82, 2.24) is 0 Å². The van der Waals surface area contributed by atoms with Crippen molar-refractivity contribution >= 4 is 5.97 Å². The summed E-state index contributed by atoms with van der Waals surface area (Å²) in [6.45, 7) is 5.76. The lowest BCUT2D eigenvalue weighted by molar-refractivity contribution is -0.139. The molecule has 1 rings (SSSR count). The van der Waals surface area contributed by atoms with Crippen molar-refractivity contribution in [3.63, 3.8) is 0 Å². The molecule has 0 aromatic carbocycles. The van der Waals surface area contributed by atoms with E-state index in [1.807, 2.05) is 26.8 Å². The maximum absolute atomic E-state index is 10.8. The van der Waals surface area contributed by atoms with Gasteiger partial charge in [0, 0.05) is 5.57 Å². The van der Waals surface area contributed by atoms with Crippen LogP contribution >= 0.6 is 0 Å². The maximum Gasteiger partial charge on any atom is 0.307 e. The predicted molar refractivity (Wildman–Crippen MR) is 52.4 cm³/mol. The first-order valence-corrected chi connectivity index (χ1v) is 4.78. The molecule has 3 heteroatoms. The van der Waals surface area contributed by atoms with Crippen LogP contribution in [-0.4, -0.2) is 11.1 Å². The van der Waals surface area contributed by atoms with Crippen LogP contribution in [0, 0.1) is 28.6 Å². The van der Waals surface area contributed by atoms with Crippen LogP contribution in [0.1, 0.15) is 27.2 Å². The van der Waals surface area contributed by atoms with Crippen molar-refractivity contribution in [2.75, 3.05) is 0 Å². The second-order valence-corrected chi connectivity index (χ2v) is 4.32. The van der Waals surface area contributed by atoms with E-state index >= 15 is 0 Å². The highest BCUT2D eigenvalue weighted by molar-refractivity contribution is 5.76. The second-order valence-electron chi connectivity index (χ2n) is 4.32. The summed E-state index contributed by atoms with van der Waals surface area (Å²) in [5, 5.41) is 17.6. The van der Waals surface area contributed by atoms with E-state index in [1.165, 1.54) is 0 Å². The Balaban J connectivity index is 2.80. The van der Waals surface area contributed by atoms with Gasteiger partial charge < -0.3 is 5.11 Å². The van der Waals surface area contributed by atoms with E-state index in [0.29, 0.717) is 12.0 Å². The minimum absolute atomic E-state index is 0.0228. The van der Waals surface area contributed by atoms with Crippen LogP contribution in [0.2, 0.25) is 0 Å². The minimum atomic E-state index is -0.760. The zero-order valence-electron chi connectivity index (χ0n) is 8.74. The fraction of sp³-hybridized carbons (Fsp3) is 0.636. The first kappa shape index (κ1) is 10.8. The number of carbonyl (C=O) groups is 1. The highest BCUT2D eigenvalue weighted by atomic mass is 16.4. The Morgan fingerprint density at radius 1 is 1.64 bits per heavy atom. The lowest BCUT2D eigenvalue weighted by atomic mass is 10.1. The number of carboxylic acids is 1. The average molecular weight is 193 g/mol. The van der Waals surface area contributed by atoms with Crippen molar-refractivity contribution in [2.24, 2.45) is 17.3 Å². The Morgan fingerprint density at radius 3 is 2.50 bits per heavy atom. The Morgan fingerprint density at radius 2 is 2.21 bits per heavy atom. The fourth-order valence-corrected chi connectivity index (χ4v) is 1.91. The van der Waals surface area contributed by atoms with Crippen LogP contribution < -0.4 is 0 Å². The molecule has 1 fully saturated rings. The molecule has 1 aliphatic carbocycles. The first-order chi connectivity index (χ1) is 6.45. The van der Waals surface area contributed by atoms with E-state index in [0.717, 1.165) is 0 Å². The van der Waals surface area contributed by atoms with E-state index < -0.39 is 5.97 Å². The Kier molecular flexibility index (Phi) is 2.66. The summed E-state index contributed by atoms with van der Waals surface area (Å²) >= 11 is 0. The van der Waals surface area contributed by atoms with Gasteiger partial charge in [0.25, 0.3) is 0 Å². The van der Waals surface area contributed by atoms with Gasteiger partial charge in [0.05, 0.1) is 12.0 Å². The highest BCUT2D eigenvalue weighted by Crippen LogP contribution is 2.59. The standard InChI is InChI=1S/C11H15NO2/c1-4-7(6-12)5-8-9(10(13)14)11(8,2)3/h5,8-9H,4H2,1-3H3,(H,13,14)/b7-5-. The average Bonchev–Trinajstić information content (AvgIpc) is 2.63. The molecule has 0 aliphatic heterocycles. The lowest BCUT2D eigenvalue weighted by Gasteiger charge is -1.97. The maximum atomic E-state index is 10.8. The summed E-state index contributed by atoms with van der Waals surface area (Å²) < 4.78 is 0. The SMILES string of the molecule is CC/C(C#N)=C/C1C(C(=O)O)C1(C)C. The van der Waals surface area contributed by atoms with Crippen LogP contribution in [0.5, 0.6) is 0 Å². The van der Waals surface area contributed by atoms with Gasteiger partial charge in [-0.1, -0.05) is 26.8 Å². The van der Waals surface area contributed by atoms with E-state index in [4.69, 9.17) is 10.4 Å². The molecule has 0 heterocycles. The molecule has 2 unspecified atom stereocenters. The molecule has 14 heavy (non-hydrogen) atoms. The van der Waals surface area contributed by atoms with Gasteiger partial charge >= 0.3 is 5.97 Å². The Hall–Kier alpha value is -1.30. The van der Waals surface area contributed by atoms with Crippen LogP contribution in [0.4, 0.5) is 0 Å². The van der Waals surface area contributed by atoms with E-state index in [-0.39, 0.29) is 17.3 Å². The van der Waals surface area contributed by atoms with E-state index in [1.54, 1.807) is 0 Å². The van der Waals surface area contributed by atoms with Gasteiger partial charge in [0.2, 0.25) is 0 Å². The number of rotatable bonds is 3. The largest absolute Gasteiger partial charge is 0.481 e. The quantitative estimate of drug-likeness (QED) is 0.699. The van der Waals surface area contributed by atoms with Gasteiger partial charge in [-0.05, 0) is 17.8 Å². The number of carboxylic acid groups (broad SMARTS) is 1. The van der Waals surface area contributed by atoms with Crippen molar-refractivity contribution in [2.45, 2.75) is 27.2 Å². The topological polar surface area (TPSA) is 61.1 Å². The molecule has 0 spiro atoms. The molecule has 1 aliphatic rings. The third-order valence-corrected chi connectivity index (χ3v) is 3.08. The summed E-state index contributed by atoms with van der Waals surface area (Å²) in [6.07, 6.45) is 2.49. The van der Waals surface area contributed by atoms with Gasteiger partial charge in [-0.3, -0.25) is 4.79 Å². The van der Waals surface area contributed by atoms with Crippen LogP contribution in [0.15, 0.2) is 11.6 Å². The summed E-state index contributed by atoms with van der Waals surface area (Å²) in [6, 6.07) is 2.09. The highest BCUT2D eigenvalue weighted by Gasteiger charge is 2.60. The van der Waals surface area contributed by atoms with Crippen LogP contribution in [0.25, 0.3) is 0 Å². The number of hydrogen-bond acceptors (Lipinski definition) is 2. The molecule has 2 atom stereocenters. The normalized spacial score (nSPS) is 29.4. The molecule has 0 bridgehead atoms. The van der Waals surface area contributed by atoms with E-state index in [9.17, 15) is 4.79 Å². The van der Waals surface area contributed by atoms with Gasteiger partial charge in [-0.15, -0.1) is 0 Å². The third kappa shape index (κ3) is 1.65. The number of allylic oxidation sites excluding steroid dienone is 2. The summed E-state index contributed by atoms with van der Waals surface area (Å²) in [5.74, 6) is -1.06. The molecule has 1 saturated carbocycles. The van der Waals surface area contributed by atoms with E-state index in [2.05, 4.69) is 6.07 Å². The summed E-state index contributed by atoms with van der Waals surface area (Å²) in [7, 11) is 0. The van der Waals surface area contributed by atoms with Gasteiger partial charge in [-0.25, -0.2) is 0 Å². The number of nitrogens with zero attached hydrogens (tertiary/aromatic N) is 1. The summed E-state index contributed by atoms with van der Waals surface area (Å²) in [5.41, 5.74) is 0.496. The monoisotopic (exact) mass is 193 g/mol. The van der Waals surface area contributed by atoms with Gasteiger partial charge in [0.1, 0.15) is 0 Å². The van der Waals surface area contributed by atoms with Crippen molar-refractivity contribution in [1.29, 1.82) is 5.26 Å². The zero-order chi connectivity index (χ0) is 10.9. The molecule has 76 valence electrons. The number of aliphatic carboxylic acids is 1. The molecular weight excluding hydrogens is 178 g/mol. The number of hydrogen-bond donors (Lipinski definition) is 1. The third-order valence-electron chi connectivity index (χ3n) is 3.08. The predicted octanol–water partition coefficient (Wildman–Crippen LogP) is 2.20. The van der Waals surface area contributed by atoms with Crippen molar-refractivity contribution in [3.8, 4) is 6.07 Å².